The van der Waals surface area contributed by atoms with Gasteiger partial charge < -0.3 is 14.8 Å². The van der Waals surface area contributed by atoms with E-state index in [0.717, 1.165) is 0 Å². The van der Waals surface area contributed by atoms with Crippen LogP contribution in [0.4, 0.5) is 4.79 Å². The van der Waals surface area contributed by atoms with Gasteiger partial charge in [-0.1, -0.05) is 29.8 Å². The van der Waals surface area contributed by atoms with Crippen LogP contribution in [0.1, 0.15) is 13.8 Å². The van der Waals surface area contributed by atoms with Crippen LogP contribution in [0.25, 0.3) is 0 Å². The summed E-state index contributed by atoms with van der Waals surface area (Å²) in [4.78, 5) is 22.4. The summed E-state index contributed by atoms with van der Waals surface area (Å²) in [5, 5.41) is 3.01. The minimum absolute atomic E-state index is 0.0472. The number of amides is 1. The van der Waals surface area contributed by atoms with E-state index in [9.17, 15) is 9.59 Å². The monoisotopic (exact) mass is 281 g/mol. The number of alkyl carbamates (subject to hydrolysis) is 1. The van der Waals surface area contributed by atoms with Crippen LogP contribution in [0.15, 0.2) is 0 Å². The van der Waals surface area contributed by atoms with Gasteiger partial charge in [-0.05, 0) is 5.92 Å². The normalized spacial score (nSPS) is 12.1. The Morgan fingerprint density at radius 2 is 2.00 bits per heavy atom. The highest BCUT2D eigenvalue weighted by molar-refractivity contribution is 9.09. The maximum Gasteiger partial charge on any atom is 0.407 e. The van der Waals surface area contributed by atoms with E-state index in [4.69, 9.17) is 4.74 Å². The van der Waals surface area contributed by atoms with Crippen molar-refractivity contribution in [1.82, 2.24) is 5.32 Å². The second kappa shape index (κ2) is 7.50. The highest BCUT2D eigenvalue weighted by Crippen LogP contribution is 2.03. The van der Waals surface area contributed by atoms with Crippen LogP contribution < -0.4 is 5.32 Å². The van der Waals surface area contributed by atoms with E-state index in [1.54, 1.807) is 0 Å². The van der Waals surface area contributed by atoms with Crippen molar-refractivity contribution < 1.29 is 19.1 Å². The average molecular weight is 282 g/mol. The van der Waals surface area contributed by atoms with Gasteiger partial charge in [0, 0.05) is 5.33 Å². The number of methoxy groups -OCH3 is 1. The summed E-state index contributed by atoms with van der Waals surface area (Å²) in [7, 11) is 1.28. The van der Waals surface area contributed by atoms with Crippen molar-refractivity contribution in [3.8, 4) is 0 Å². The number of ether oxygens (including phenoxy) is 2. The van der Waals surface area contributed by atoms with E-state index in [2.05, 4.69) is 26.0 Å². The van der Waals surface area contributed by atoms with Gasteiger partial charge in [0.1, 0.15) is 12.6 Å². The Balaban J connectivity index is 4.17. The summed E-state index contributed by atoms with van der Waals surface area (Å²) < 4.78 is 9.32. The molecule has 6 heteroatoms. The number of carbonyl (C=O) groups is 2. The molecule has 0 aliphatic carbocycles. The van der Waals surface area contributed by atoms with Crippen LogP contribution in [0.3, 0.4) is 0 Å². The molecule has 0 aromatic heterocycles. The topological polar surface area (TPSA) is 64.6 Å². The minimum Gasteiger partial charge on any atom is -0.467 e. The molecule has 0 saturated heterocycles. The summed E-state index contributed by atoms with van der Waals surface area (Å²) in [5.74, 6) is -0.519. The Morgan fingerprint density at radius 1 is 1.40 bits per heavy atom. The number of hydrogen-bond donors (Lipinski definition) is 1. The summed E-state index contributed by atoms with van der Waals surface area (Å²) >= 11 is 3.12. The van der Waals surface area contributed by atoms with Gasteiger partial charge in [0.25, 0.3) is 0 Å². The predicted molar refractivity (Wildman–Crippen MR) is 58.9 cm³/mol. The van der Waals surface area contributed by atoms with Crippen LogP contribution >= 0.6 is 15.9 Å². The maximum absolute atomic E-state index is 11.3. The lowest BCUT2D eigenvalue weighted by Gasteiger charge is -2.19. The molecule has 0 aromatic rings. The Morgan fingerprint density at radius 3 is 2.40 bits per heavy atom. The molecule has 0 unspecified atom stereocenters. The molecule has 0 radical (unpaired) electrons. The van der Waals surface area contributed by atoms with Gasteiger partial charge in [-0.2, -0.15) is 0 Å². The molecule has 0 bridgehead atoms. The quantitative estimate of drug-likeness (QED) is 0.610. The van der Waals surface area contributed by atoms with Crippen molar-refractivity contribution in [2.24, 2.45) is 5.92 Å². The van der Waals surface area contributed by atoms with Crippen LogP contribution in [0, 0.1) is 5.92 Å². The molecule has 1 atom stereocenters. The number of rotatable bonds is 5. The highest BCUT2D eigenvalue weighted by Gasteiger charge is 2.25. The number of hydrogen-bond acceptors (Lipinski definition) is 4. The molecule has 0 rings (SSSR count). The van der Waals surface area contributed by atoms with Gasteiger partial charge in [0.2, 0.25) is 0 Å². The molecule has 1 N–H and O–H groups in total. The molecular formula is C9H16BrNO4. The fourth-order valence-corrected chi connectivity index (χ4v) is 1.09. The third-order valence-corrected chi connectivity index (χ3v) is 2.03. The lowest BCUT2D eigenvalue weighted by molar-refractivity contribution is -0.144. The van der Waals surface area contributed by atoms with Gasteiger partial charge in [0.15, 0.2) is 0 Å². The Hall–Kier alpha value is -0.780. The van der Waals surface area contributed by atoms with E-state index in [-0.39, 0.29) is 12.5 Å². The first-order chi connectivity index (χ1) is 7.02. The number of nitrogens with one attached hydrogen (secondary N) is 1. The van der Waals surface area contributed by atoms with Crippen LogP contribution in [0.5, 0.6) is 0 Å². The Kier molecular flexibility index (Phi) is 7.11. The van der Waals surface area contributed by atoms with Gasteiger partial charge in [-0.25, -0.2) is 9.59 Å². The number of carbonyl (C=O) groups excluding carboxylic acids is 2. The standard InChI is InChI=1S/C9H16BrNO4/c1-6(2)7(8(12)14-3)11-9(13)15-5-4-10/h6-7H,4-5H2,1-3H3,(H,11,13)/t7-/m0/s1. The molecule has 0 spiro atoms. The van der Waals surface area contributed by atoms with Crippen molar-refractivity contribution in [3.05, 3.63) is 0 Å². The first-order valence-corrected chi connectivity index (χ1v) is 5.72. The van der Waals surface area contributed by atoms with E-state index in [1.165, 1.54) is 7.11 Å². The van der Waals surface area contributed by atoms with Crippen LogP contribution in [-0.2, 0) is 14.3 Å². The van der Waals surface area contributed by atoms with E-state index < -0.39 is 18.1 Å². The molecule has 88 valence electrons. The van der Waals surface area contributed by atoms with E-state index in [1.807, 2.05) is 13.8 Å². The number of halogens is 1. The van der Waals surface area contributed by atoms with Gasteiger partial charge in [0.05, 0.1) is 7.11 Å². The highest BCUT2D eigenvalue weighted by atomic mass is 79.9. The molecule has 0 heterocycles. The lowest BCUT2D eigenvalue weighted by atomic mass is 10.1. The van der Waals surface area contributed by atoms with Crippen molar-refractivity contribution >= 4 is 28.0 Å². The van der Waals surface area contributed by atoms with Gasteiger partial charge in [-0.3, -0.25) is 0 Å². The largest absolute Gasteiger partial charge is 0.467 e. The van der Waals surface area contributed by atoms with Crippen molar-refractivity contribution in [2.45, 2.75) is 19.9 Å². The third kappa shape index (κ3) is 5.61. The Labute approximate surface area is 97.6 Å². The summed E-state index contributed by atoms with van der Waals surface area (Å²) in [5.41, 5.74) is 0. The molecule has 0 fully saturated rings. The molecule has 0 aliphatic heterocycles. The second-order valence-electron chi connectivity index (χ2n) is 3.21. The van der Waals surface area contributed by atoms with Gasteiger partial charge >= 0.3 is 12.1 Å². The van der Waals surface area contributed by atoms with Crippen LogP contribution in [0.2, 0.25) is 0 Å². The molecule has 0 aromatic carbocycles. The molecule has 1 amide bonds. The third-order valence-electron chi connectivity index (χ3n) is 1.71. The zero-order valence-corrected chi connectivity index (χ0v) is 10.7. The fraction of sp³-hybridized carbons (Fsp3) is 0.778. The molecule has 15 heavy (non-hydrogen) atoms. The summed E-state index contributed by atoms with van der Waals surface area (Å²) in [6, 6.07) is -0.669. The summed E-state index contributed by atoms with van der Waals surface area (Å²) in [6.45, 7) is 3.89. The lowest BCUT2D eigenvalue weighted by Crippen LogP contribution is -2.45. The van der Waals surface area contributed by atoms with E-state index in [0.29, 0.717) is 5.33 Å². The smallest absolute Gasteiger partial charge is 0.407 e. The molecule has 5 nitrogen and oxygen atoms in total. The predicted octanol–water partition coefficient (Wildman–Crippen LogP) is 1.31. The second-order valence-corrected chi connectivity index (χ2v) is 4.01. The zero-order valence-electron chi connectivity index (χ0n) is 9.08. The summed E-state index contributed by atoms with van der Waals surface area (Å²) in [6.07, 6.45) is -0.612. The Bertz CT molecular complexity index is 220. The van der Waals surface area contributed by atoms with E-state index >= 15 is 0 Å². The molecule has 0 aliphatic rings. The molecule has 0 saturated carbocycles. The number of alkyl halides is 1. The maximum atomic E-state index is 11.3. The van der Waals surface area contributed by atoms with Crippen molar-refractivity contribution in [3.63, 3.8) is 0 Å². The zero-order chi connectivity index (χ0) is 11.8. The minimum atomic E-state index is -0.669. The molecular weight excluding hydrogens is 266 g/mol. The SMILES string of the molecule is COC(=O)[C@@H](NC(=O)OCCBr)C(C)C. The van der Waals surface area contributed by atoms with Crippen molar-refractivity contribution in [1.29, 1.82) is 0 Å². The first kappa shape index (κ1) is 14.2. The van der Waals surface area contributed by atoms with Gasteiger partial charge in [-0.15, -0.1) is 0 Å². The number of esters is 1. The first-order valence-electron chi connectivity index (χ1n) is 4.60. The average Bonchev–Trinajstić information content (AvgIpc) is 2.21. The van der Waals surface area contributed by atoms with Crippen LogP contribution in [-0.4, -0.2) is 37.2 Å². The van der Waals surface area contributed by atoms with Crippen molar-refractivity contribution in [2.75, 3.05) is 19.0 Å². The fourth-order valence-electron chi connectivity index (χ4n) is 0.925.